The van der Waals surface area contributed by atoms with E-state index in [1.165, 1.54) is 6.33 Å². The average molecular weight is 254 g/mol. The van der Waals surface area contributed by atoms with Crippen molar-refractivity contribution >= 4 is 34.7 Å². The van der Waals surface area contributed by atoms with Crippen LogP contribution in [0.2, 0.25) is 5.02 Å². The molecule has 0 bridgehead atoms. The van der Waals surface area contributed by atoms with Gasteiger partial charge < -0.3 is 5.32 Å². The molecule has 0 aliphatic carbocycles. The van der Waals surface area contributed by atoms with Gasteiger partial charge in [-0.25, -0.2) is 9.97 Å². The van der Waals surface area contributed by atoms with Gasteiger partial charge in [0.15, 0.2) is 5.82 Å². The Morgan fingerprint density at radius 2 is 1.94 bits per heavy atom. The van der Waals surface area contributed by atoms with Crippen molar-refractivity contribution in [1.29, 1.82) is 0 Å². The lowest BCUT2D eigenvalue weighted by atomic mass is 10.2. The van der Waals surface area contributed by atoms with Crippen molar-refractivity contribution in [3.63, 3.8) is 0 Å². The van der Waals surface area contributed by atoms with Gasteiger partial charge in [-0.15, -0.1) is 11.6 Å². The van der Waals surface area contributed by atoms with E-state index in [-0.39, 0.29) is 0 Å². The van der Waals surface area contributed by atoms with Crippen LogP contribution in [0, 0.1) is 0 Å². The molecule has 0 saturated heterocycles. The van der Waals surface area contributed by atoms with Crippen molar-refractivity contribution in [3.8, 4) is 0 Å². The Bertz CT molecular complexity index is 471. The number of aromatic nitrogens is 2. The van der Waals surface area contributed by atoms with Gasteiger partial charge in [0.2, 0.25) is 0 Å². The highest BCUT2D eigenvalue weighted by Crippen LogP contribution is 2.21. The second kappa shape index (κ2) is 5.14. The van der Waals surface area contributed by atoms with Crippen LogP contribution in [0.4, 0.5) is 11.5 Å². The van der Waals surface area contributed by atoms with Crippen LogP contribution in [0.3, 0.4) is 0 Å². The zero-order valence-corrected chi connectivity index (χ0v) is 9.83. The fraction of sp³-hybridized carbons (Fsp3) is 0.0909. The number of rotatable bonds is 3. The number of benzene rings is 1. The maximum atomic E-state index is 5.92. The summed E-state index contributed by atoms with van der Waals surface area (Å²) in [4.78, 5) is 7.85. The molecule has 82 valence electrons. The fourth-order valence-corrected chi connectivity index (χ4v) is 1.55. The van der Waals surface area contributed by atoms with E-state index in [1.54, 1.807) is 6.20 Å². The van der Waals surface area contributed by atoms with Crippen LogP contribution >= 0.6 is 23.2 Å². The Labute approximate surface area is 103 Å². The Morgan fingerprint density at radius 3 is 2.56 bits per heavy atom. The van der Waals surface area contributed by atoms with E-state index in [0.29, 0.717) is 16.7 Å². The third-order valence-electron chi connectivity index (χ3n) is 2.04. The summed E-state index contributed by atoms with van der Waals surface area (Å²) in [6.45, 7) is 0. The molecule has 16 heavy (non-hydrogen) atoms. The van der Waals surface area contributed by atoms with E-state index in [9.17, 15) is 0 Å². The highest BCUT2D eigenvalue weighted by molar-refractivity contribution is 6.32. The van der Waals surface area contributed by atoms with Crippen molar-refractivity contribution in [1.82, 2.24) is 9.97 Å². The molecule has 1 aromatic carbocycles. The summed E-state index contributed by atoms with van der Waals surface area (Å²) in [6.07, 6.45) is 2.99. The van der Waals surface area contributed by atoms with Crippen LogP contribution < -0.4 is 5.32 Å². The minimum atomic E-state index is 0.490. The molecule has 0 aliphatic rings. The molecule has 1 N–H and O–H groups in total. The number of halogens is 2. The lowest BCUT2D eigenvalue weighted by molar-refractivity contribution is 1.17. The zero-order valence-electron chi connectivity index (χ0n) is 8.32. The number of hydrogen-bond donors (Lipinski definition) is 1. The lowest BCUT2D eigenvalue weighted by Gasteiger charge is -2.06. The third-order valence-corrected chi connectivity index (χ3v) is 2.62. The monoisotopic (exact) mass is 253 g/mol. The molecule has 0 atom stereocenters. The minimum absolute atomic E-state index is 0.490. The third kappa shape index (κ3) is 2.62. The van der Waals surface area contributed by atoms with Gasteiger partial charge in [-0.3, -0.25) is 0 Å². The quantitative estimate of drug-likeness (QED) is 0.850. The zero-order chi connectivity index (χ0) is 11.4. The van der Waals surface area contributed by atoms with E-state index < -0.39 is 0 Å². The van der Waals surface area contributed by atoms with E-state index in [2.05, 4.69) is 15.3 Å². The molecule has 0 fully saturated rings. The first-order chi connectivity index (χ1) is 7.79. The summed E-state index contributed by atoms with van der Waals surface area (Å²) < 4.78 is 0. The molecule has 0 spiro atoms. The lowest BCUT2D eigenvalue weighted by Crippen LogP contribution is -1.94. The van der Waals surface area contributed by atoms with E-state index >= 15 is 0 Å². The minimum Gasteiger partial charge on any atom is -0.339 e. The summed E-state index contributed by atoms with van der Waals surface area (Å²) in [5, 5.41) is 3.59. The molecule has 0 amide bonds. The molecule has 5 heteroatoms. The van der Waals surface area contributed by atoms with Crippen LogP contribution in [-0.2, 0) is 5.88 Å². The van der Waals surface area contributed by atoms with Gasteiger partial charge in [0, 0.05) is 11.6 Å². The van der Waals surface area contributed by atoms with Gasteiger partial charge in [-0.05, 0) is 17.7 Å². The van der Waals surface area contributed by atoms with Gasteiger partial charge in [0.05, 0.1) is 6.20 Å². The Morgan fingerprint density at radius 1 is 1.19 bits per heavy atom. The Kier molecular flexibility index (Phi) is 3.59. The van der Waals surface area contributed by atoms with E-state index in [0.717, 1.165) is 11.3 Å². The predicted octanol–water partition coefficient (Wildman–Crippen LogP) is 3.61. The largest absolute Gasteiger partial charge is 0.339 e. The fourth-order valence-electron chi connectivity index (χ4n) is 1.22. The first-order valence-electron chi connectivity index (χ1n) is 4.67. The van der Waals surface area contributed by atoms with Crippen molar-refractivity contribution in [3.05, 3.63) is 47.4 Å². The molecule has 2 aromatic rings. The summed E-state index contributed by atoms with van der Waals surface area (Å²) in [7, 11) is 0. The van der Waals surface area contributed by atoms with Crippen molar-refractivity contribution in [2.75, 3.05) is 5.32 Å². The van der Waals surface area contributed by atoms with Gasteiger partial charge in [-0.1, -0.05) is 23.7 Å². The van der Waals surface area contributed by atoms with E-state index in [4.69, 9.17) is 23.2 Å². The smallest absolute Gasteiger partial charge is 0.152 e. The van der Waals surface area contributed by atoms with Crippen molar-refractivity contribution in [2.24, 2.45) is 0 Å². The molecule has 1 heterocycles. The predicted molar refractivity (Wildman–Crippen MR) is 66.3 cm³/mol. The SMILES string of the molecule is ClCc1ccc(Nc2ncncc2Cl)cc1. The number of hydrogen-bond acceptors (Lipinski definition) is 3. The van der Waals surface area contributed by atoms with Gasteiger partial charge in [-0.2, -0.15) is 0 Å². The molecular weight excluding hydrogens is 245 g/mol. The molecule has 0 saturated carbocycles. The molecular formula is C11H9Cl2N3. The average Bonchev–Trinajstić information content (AvgIpc) is 2.33. The number of nitrogens with one attached hydrogen (secondary N) is 1. The maximum Gasteiger partial charge on any atom is 0.152 e. The summed E-state index contributed by atoms with van der Waals surface area (Å²) in [5.41, 5.74) is 1.98. The summed E-state index contributed by atoms with van der Waals surface area (Å²) in [5.74, 6) is 1.10. The second-order valence-corrected chi connectivity index (χ2v) is 3.85. The highest BCUT2D eigenvalue weighted by atomic mass is 35.5. The van der Waals surface area contributed by atoms with Crippen LogP contribution in [-0.4, -0.2) is 9.97 Å². The number of alkyl halides is 1. The van der Waals surface area contributed by atoms with E-state index in [1.807, 2.05) is 24.3 Å². The van der Waals surface area contributed by atoms with Crippen LogP contribution in [0.1, 0.15) is 5.56 Å². The highest BCUT2D eigenvalue weighted by Gasteiger charge is 2.01. The Balaban J connectivity index is 2.18. The molecule has 0 radical (unpaired) electrons. The molecule has 0 unspecified atom stereocenters. The first-order valence-corrected chi connectivity index (χ1v) is 5.58. The van der Waals surface area contributed by atoms with Crippen LogP contribution in [0.5, 0.6) is 0 Å². The number of nitrogens with zero attached hydrogens (tertiary/aromatic N) is 2. The molecule has 1 aromatic heterocycles. The van der Waals surface area contributed by atoms with Gasteiger partial charge >= 0.3 is 0 Å². The maximum absolute atomic E-state index is 5.92. The Hall–Kier alpha value is -1.32. The van der Waals surface area contributed by atoms with Gasteiger partial charge in [0.1, 0.15) is 11.3 Å². The molecule has 3 nitrogen and oxygen atoms in total. The van der Waals surface area contributed by atoms with Crippen LogP contribution in [0.15, 0.2) is 36.8 Å². The van der Waals surface area contributed by atoms with Crippen molar-refractivity contribution in [2.45, 2.75) is 5.88 Å². The standard InChI is InChI=1S/C11H9Cl2N3/c12-5-8-1-3-9(4-2-8)16-11-10(13)6-14-7-15-11/h1-4,6-7H,5H2,(H,14,15,16). The molecule has 0 aliphatic heterocycles. The molecule has 2 rings (SSSR count). The van der Waals surface area contributed by atoms with Gasteiger partial charge in [0.25, 0.3) is 0 Å². The topological polar surface area (TPSA) is 37.8 Å². The number of anilines is 2. The summed E-state index contributed by atoms with van der Waals surface area (Å²) >= 11 is 11.6. The van der Waals surface area contributed by atoms with Crippen molar-refractivity contribution < 1.29 is 0 Å². The summed E-state index contributed by atoms with van der Waals surface area (Å²) in [6, 6.07) is 7.75. The second-order valence-electron chi connectivity index (χ2n) is 3.17. The first kappa shape index (κ1) is 11.2. The van der Waals surface area contributed by atoms with Crippen LogP contribution in [0.25, 0.3) is 0 Å². The normalized spacial score (nSPS) is 10.1.